The van der Waals surface area contributed by atoms with Crippen LogP contribution in [0.4, 0.5) is 0 Å². The lowest BCUT2D eigenvalue weighted by Crippen LogP contribution is -2.32. The van der Waals surface area contributed by atoms with Gasteiger partial charge in [0.05, 0.1) is 23.1 Å². The van der Waals surface area contributed by atoms with Crippen LogP contribution < -0.4 is 0 Å². The third-order valence-electron chi connectivity index (χ3n) is 5.73. The molecule has 9 nitrogen and oxygen atoms in total. The molecule has 0 aromatic heterocycles. The Balaban J connectivity index is 2.10. The molecule has 0 aliphatic carbocycles. The monoisotopic (exact) mass is 488 g/mol. The summed E-state index contributed by atoms with van der Waals surface area (Å²) in [4.78, 5) is 27.1. The van der Waals surface area contributed by atoms with Crippen LogP contribution in [-0.4, -0.2) is 72.9 Å². The molecule has 2 aromatic rings. The largest absolute Gasteiger partial charge is 0.508 e. The Morgan fingerprint density at radius 3 is 2.29 bits per heavy atom. The average Bonchev–Trinajstić information content (AvgIpc) is 3.07. The maximum absolute atomic E-state index is 12.9. The Bertz CT molecular complexity index is 1200. The fourth-order valence-electron chi connectivity index (χ4n) is 3.99. The molecule has 1 heterocycles. The summed E-state index contributed by atoms with van der Waals surface area (Å²) in [7, 11) is -2.23. The van der Waals surface area contributed by atoms with Crippen molar-refractivity contribution < 1.29 is 33.0 Å². The molecule has 0 spiro atoms. The van der Waals surface area contributed by atoms with E-state index in [2.05, 4.69) is 0 Å². The summed E-state index contributed by atoms with van der Waals surface area (Å²) in [5, 5.41) is 21.0. The number of hydrogen-bond acceptors (Lipinski definition) is 7. The number of carbonyl (C=O) groups is 2. The Hall–Kier alpha value is -3.21. The summed E-state index contributed by atoms with van der Waals surface area (Å²) in [6.45, 7) is 4.38. The third kappa shape index (κ3) is 4.70. The van der Waals surface area contributed by atoms with Crippen molar-refractivity contribution >= 4 is 27.5 Å². The zero-order valence-electron chi connectivity index (χ0n) is 19.3. The minimum absolute atomic E-state index is 0.0535. The Morgan fingerprint density at radius 2 is 1.74 bits per heavy atom. The Kier molecular flexibility index (Phi) is 7.75. The number of benzene rings is 2. The molecule has 1 atom stereocenters. The number of aliphatic hydroxyl groups excluding tert-OH is 1. The summed E-state index contributed by atoms with van der Waals surface area (Å²) in [6.07, 6.45) is 0. The molecule has 1 saturated heterocycles. The van der Waals surface area contributed by atoms with E-state index < -0.39 is 33.5 Å². The van der Waals surface area contributed by atoms with Gasteiger partial charge in [-0.1, -0.05) is 26.0 Å². The SMILES string of the molecule is CCN(CC)S(=O)(=O)c1ccc(/C(O)=C2/C(=O)C(=O)N(CCOC)C2c2cccc(O)c2)cc1. The molecule has 182 valence electrons. The van der Waals surface area contributed by atoms with Crippen LogP contribution in [0.1, 0.15) is 31.0 Å². The fourth-order valence-corrected chi connectivity index (χ4v) is 5.45. The lowest BCUT2D eigenvalue weighted by atomic mass is 9.95. The second-order valence-corrected chi connectivity index (χ2v) is 9.63. The van der Waals surface area contributed by atoms with Gasteiger partial charge in [0, 0.05) is 32.3 Å². The first kappa shape index (κ1) is 25.4. The number of aliphatic hydroxyl groups is 1. The van der Waals surface area contributed by atoms with E-state index in [0.717, 1.165) is 0 Å². The molecule has 1 aliphatic heterocycles. The van der Waals surface area contributed by atoms with Crippen molar-refractivity contribution in [1.29, 1.82) is 0 Å². The number of ketones is 1. The second-order valence-electron chi connectivity index (χ2n) is 7.69. The number of methoxy groups -OCH3 is 1. The number of Topliss-reactive ketones (excluding diaryl/α,β-unsaturated/α-hetero) is 1. The number of phenolic OH excluding ortho intramolecular Hbond substituents is 1. The molecule has 1 fully saturated rings. The lowest BCUT2D eigenvalue weighted by molar-refractivity contribution is -0.140. The van der Waals surface area contributed by atoms with Gasteiger partial charge in [-0.15, -0.1) is 0 Å². The number of hydrogen-bond donors (Lipinski definition) is 2. The van der Waals surface area contributed by atoms with Gasteiger partial charge in [-0.3, -0.25) is 9.59 Å². The molecule has 1 unspecified atom stereocenters. The van der Waals surface area contributed by atoms with Crippen LogP contribution in [0.25, 0.3) is 5.76 Å². The van der Waals surface area contributed by atoms with Gasteiger partial charge in [-0.2, -0.15) is 4.31 Å². The maximum atomic E-state index is 12.9. The van der Waals surface area contributed by atoms with Crippen LogP contribution in [0.3, 0.4) is 0 Å². The molecule has 2 N–H and O–H groups in total. The van der Waals surface area contributed by atoms with Gasteiger partial charge in [0.25, 0.3) is 11.7 Å². The van der Waals surface area contributed by atoms with Crippen molar-refractivity contribution in [3.63, 3.8) is 0 Å². The molecule has 10 heteroatoms. The predicted octanol–water partition coefficient (Wildman–Crippen LogP) is 2.49. The second kappa shape index (κ2) is 10.4. The van der Waals surface area contributed by atoms with Gasteiger partial charge in [-0.05, 0) is 42.0 Å². The number of nitrogens with zero attached hydrogens (tertiary/aromatic N) is 2. The first-order valence-corrected chi connectivity index (χ1v) is 12.3. The van der Waals surface area contributed by atoms with E-state index in [9.17, 15) is 28.2 Å². The minimum atomic E-state index is -3.70. The van der Waals surface area contributed by atoms with Gasteiger partial charge in [0.1, 0.15) is 11.5 Å². The number of ether oxygens (including phenoxy) is 1. The van der Waals surface area contributed by atoms with E-state index in [1.54, 1.807) is 26.0 Å². The van der Waals surface area contributed by atoms with Crippen molar-refractivity contribution in [3.8, 4) is 5.75 Å². The normalized spacial score (nSPS) is 18.1. The average molecular weight is 489 g/mol. The van der Waals surface area contributed by atoms with Gasteiger partial charge in [-0.25, -0.2) is 8.42 Å². The summed E-state index contributed by atoms with van der Waals surface area (Å²) in [6, 6.07) is 10.7. The van der Waals surface area contributed by atoms with Crippen molar-refractivity contribution in [1.82, 2.24) is 9.21 Å². The number of amides is 1. The smallest absolute Gasteiger partial charge is 0.295 e. The van der Waals surface area contributed by atoms with Crippen LogP contribution in [0.15, 0.2) is 59.0 Å². The lowest BCUT2D eigenvalue weighted by Gasteiger charge is -2.25. The molecule has 1 aliphatic rings. The van der Waals surface area contributed by atoms with Crippen LogP contribution >= 0.6 is 0 Å². The number of carbonyl (C=O) groups excluding carboxylic acids is 2. The third-order valence-corrected chi connectivity index (χ3v) is 7.80. The van der Waals surface area contributed by atoms with Crippen molar-refractivity contribution in [2.45, 2.75) is 24.8 Å². The van der Waals surface area contributed by atoms with Gasteiger partial charge < -0.3 is 19.8 Å². The number of phenols is 1. The van der Waals surface area contributed by atoms with Gasteiger partial charge in [0.2, 0.25) is 10.0 Å². The molecule has 34 heavy (non-hydrogen) atoms. The molecular weight excluding hydrogens is 460 g/mol. The highest BCUT2D eigenvalue weighted by atomic mass is 32.2. The summed E-state index contributed by atoms with van der Waals surface area (Å²) in [5.74, 6) is -2.16. The quantitative estimate of drug-likeness (QED) is 0.316. The van der Waals surface area contributed by atoms with Crippen LogP contribution in [0, 0.1) is 0 Å². The summed E-state index contributed by atoms with van der Waals surface area (Å²) >= 11 is 0. The predicted molar refractivity (Wildman–Crippen MR) is 126 cm³/mol. The molecular formula is C24H28N2O7S. The zero-order valence-corrected chi connectivity index (χ0v) is 20.1. The number of sulfonamides is 1. The van der Waals surface area contributed by atoms with Crippen molar-refractivity contribution in [2.24, 2.45) is 0 Å². The molecule has 3 rings (SSSR count). The molecule has 1 amide bonds. The summed E-state index contributed by atoms with van der Waals surface area (Å²) in [5.41, 5.74) is 0.483. The Labute approximate surface area is 198 Å². The van der Waals surface area contributed by atoms with E-state index in [-0.39, 0.29) is 34.9 Å². The van der Waals surface area contributed by atoms with E-state index >= 15 is 0 Å². The van der Waals surface area contributed by atoms with Gasteiger partial charge >= 0.3 is 0 Å². The number of aromatic hydroxyl groups is 1. The number of rotatable bonds is 9. The first-order valence-electron chi connectivity index (χ1n) is 10.8. The Morgan fingerprint density at radius 1 is 1.09 bits per heavy atom. The highest BCUT2D eigenvalue weighted by molar-refractivity contribution is 7.89. The molecule has 2 aromatic carbocycles. The topological polar surface area (TPSA) is 124 Å². The van der Waals surface area contributed by atoms with E-state index in [1.807, 2.05) is 0 Å². The van der Waals surface area contributed by atoms with E-state index in [1.165, 1.54) is 52.7 Å². The van der Waals surface area contributed by atoms with Crippen molar-refractivity contribution in [2.75, 3.05) is 33.4 Å². The van der Waals surface area contributed by atoms with Crippen LogP contribution in [0.5, 0.6) is 5.75 Å². The van der Waals surface area contributed by atoms with Crippen LogP contribution in [-0.2, 0) is 24.3 Å². The molecule has 0 radical (unpaired) electrons. The minimum Gasteiger partial charge on any atom is -0.508 e. The molecule has 0 bridgehead atoms. The van der Waals surface area contributed by atoms with E-state index in [0.29, 0.717) is 18.7 Å². The fraction of sp³-hybridized carbons (Fsp3) is 0.333. The highest BCUT2D eigenvalue weighted by Gasteiger charge is 2.46. The zero-order chi connectivity index (χ0) is 25.0. The molecule has 0 saturated carbocycles. The first-order chi connectivity index (χ1) is 16.2. The van der Waals surface area contributed by atoms with Crippen molar-refractivity contribution in [3.05, 3.63) is 65.2 Å². The van der Waals surface area contributed by atoms with Gasteiger partial charge in [0.15, 0.2) is 0 Å². The highest BCUT2D eigenvalue weighted by Crippen LogP contribution is 2.40. The van der Waals surface area contributed by atoms with E-state index in [4.69, 9.17) is 4.74 Å². The maximum Gasteiger partial charge on any atom is 0.295 e. The van der Waals surface area contributed by atoms with Crippen LogP contribution in [0.2, 0.25) is 0 Å². The summed E-state index contributed by atoms with van der Waals surface area (Å²) < 4.78 is 31.9. The standard InChI is InChI=1S/C24H28N2O7S/c1-4-25(5-2)34(31,32)19-11-9-16(10-12-19)22(28)20-21(17-7-6-8-18(27)15-17)26(13-14-33-3)24(30)23(20)29/h6-12,15,21,27-28H,4-5,13-14H2,1-3H3/b22-20-. The number of likely N-dealkylation sites (tertiary alicyclic amines) is 1.